The van der Waals surface area contributed by atoms with E-state index in [2.05, 4.69) is 46.8 Å². The summed E-state index contributed by atoms with van der Waals surface area (Å²) in [5.74, 6) is -2.15. The highest BCUT2D eigenvalue weighted by atomic mass is 16.2. The number of anilines is 1. The first-order valence-electron chi connectivity index (χ1n) is 18.5. The number of benzene rings is 4. The van der Waals surface area contributed by atoms with E-state index >= 15 is 0 Å². The van der Waals surface area contributed by atoms with Crippen molar-refractivity contribution < 1.29 is 24.0 Å². The van der Waals surface area contributed by atoms with Crippen LogP contribution in [0.15, 0.2) is 60.7 Å². The minimum Gasteiger partial charge on any atom is -0.289 e. The normalized spacial score (nSPS) is 14.2. The van der Waals surface area contributed by atoms with Crippen LogP contribution in [0, 0.1) is 33.6 Å². The van der Waals surface area contributed by atoms with E-state index in [0.717, 1.165) is 23.1 Å². The molecule has 0 radical (unpaired) electrons. The van der Waals surface area contributed by atoms with E-state index in [0.29, 0.717) is 5.69 Å². The minimum atomic E-state index is -0.718. The number of rotatable bonds is 7. The fourth-order valence-electron chi connectivity index (χ4n) is 7.99. The summed E-state index contributed by atoms with van der Waals surface area (Å²) in [5.41, 5.74) is 8.93. The largest absolute Gasteiger partial charge is 0.289 e. The smallest absolute Gasteiger partial charge is 0.266 e. The molecule has 0 aromatic heterocycles. The predicted octanol–water partition coefficient (Wildman–Crippen LogP) is 9.90. The van der Waals surface area contributed by atoms with Gasteiger partial charge in [0.25, 0.3) is 23.6 Å². The molecule has 0 unspecified atom stereocenters. The number of imide groups is 2. The number of aryl methyl sites for hydroxylation is 4. The van der Waals surface area contributed by atoms with Gasteiger partial charge in [-0.05, 0) is 123 Å². The second-order valence-electron chi connectivity index (χ2n) is 16.2. The van der Waals surface area contributed by atoms with Crippen LogP contribution in [0.1, 0.15) is 159 Å². The molecule has 4 amide bonds. The third-order valence-corrected chi connectivity index (χ3v) is 10.8. The van der Waals surface area contributed by atoms with Gasteiger partial charge >= 0.3 is 0 Å². The van der Waals surface area contributed by atoms with Crippen molar-refractivity contribution in [3.63, 3.8) is 0 Å². The summed E-state index contributed by atoms with van der Waals surface area (Å²) in [4.78, 5) is 70.5. The van der Waals surface area contributed by atoms with E-state index in [1.807, 2.05) is 67.5 Å². The van der Waals surface area contributed by atoms with Crippen molar-refractivity contribution in [3.8, 4) is 0 Å². The lowest BCUT2D eigenvalue weighted by molar-refractivity contribution is 0.0395. The molecule has 7 heteroatoms. The maximum absolute atomic E-state index is 13.9. The second-order valence-corrected chi connectivity index (χ2v) is 16.2. The molecule has 6 rings (SSSR count). The molecule has 2 heterocycles. The summed E-state index contributed by atoms with van der Waals surface area (Å²) in [6.45, 7) is 26.4. The molecular formula is C46H52N2O5. The van der Waals surface area contributed by atoms with Crippen molar-refractivity contribution in [2.24, 2.45) is 5.92 Å². The predicted molar refractivity (Wildman–Crippen MR) is 212 cm³/mol. The van der Waals surface area contributed by atoms with Gasteiger partial charge in [-0.15, -0.1) is 0 Å². The molecule has 2 aliphatic heterocycles. The Hall–Kier alpha value is -5.17. The van der Waals surface area contributed by atoms with Gasteiger partial charge in [-0.3, -0.25) is 28.9 Å². The molecule has 4 aromatic rings. The van der Waals surface area contributed by atoms with Gasteiger partial charge in [-0.1, -0.05) is 84.9 Å². The highest BCUT2D eigenvalue weighted by Gasteiger charge is 2.46. The van der Waals surface area contributed by atoms with Crippen LogP contribution in [0.2, 0.25) is 0 Å². The first-order chi connectivity index (χ1) is 24.7. The van der Waals surface area contributed by atoms with Gasteiger partial charge in [-0.25, -0.2) is 4.90 Å². The third-order valence-electron chi connectivity index (χ3n) is 10.8. The number of nitrogens with zero attached hydrogens (tertiary/aromatic N) is 2. The number of amides is 4. The molecule has 0 saturated carbocycles. The molecule has 0 spiro atoms. The molecule has 0 N–H and O–H groups in total. The Labute approximate surface area is 314 Å². The molecule has 4 aromatic carbocycles. The summed E-state index contributed by atoms with van der Waals surface area (Å²) in [5, 5.41) is 0. The molecule has 0 atom stereocenters. The summed E-state index contributed by atoms with van der Waals surface area (Å²) in [6.07, 6.45) is 0.720. The summed E-state index contributed by atoms with van der Waals surface area (Å²) in [6, 6.07) is 17.6. The van der Waals surface area contributed by atoms with Crippen molar-refractivity contribution in [3.05, 3.63) is 133 Å². The average Bonchev–Trinajstić information content (AvgIpc) is 3.47. The number of carbonyl (C=O) groups is 5. The molecular weight excluding hydrogens is 661 g/mol. The maximum Gasteiger partial charge on any atom is 0.266 e. The Balaban J connectivity index is 0.00000266. The average molecular weight is 713 g/mol. The van der Waals surface area contributed by atoms with E-state index in [1.165, 1.54) is 68.5 Å². The Kier molecular flexibility index (Phi) is 10.3. The van der Waals surface area contributed by atoms with E-state index in [9.17, 15) is 24.0 Å². The third kappa shape index (κ3) is 6.67. The summed E-state index contributed by atoms with van der Waals surface area (Å²) in [7, 11) is 0. The van der Waals surface area contributed by atoms with Crippen LogP contribution in [0.25, 0.3) is 0 Å². The van der Waals surface area contributed by atoms with Gasteiger partial charge in [0.15, 0.2) is 5.78 Å². The van der Waals surface area contributed by atoms with Crippen LogP contribution >= 0.6 is 0 Å². The lowest BCUT2D eigenvalue weighted by Gasteiger charge is -2.37. The maximum atomic E-state index is 13.9. The zero-order valence-electron chi connectivity index (χ0n) is 33.5. The SMILES string of the molecule is CC.Cc1cc(Cc2cc(C)c(C(C)(C)C)c(C)c2)cc(C)c1N1C(=O)c2ccc(C(=O)c3ccc4c(c3)C(=O)N(C(C)(C)C(C)C)C4=O)cc2C1=O. The van der Waals surface area contributed by atoms with Gasteiger partial charge < -0.3 is 0 Å². The first-order valence-corrected chi connectivity index (χ1v) is 18.5. The number of fused-ring (bicyclic) bond motifs is 2. The topological polar surface area (TPSA) is 91.8 Å². The fourth-order valence-corrected chi connectivity index (χ4v) is 7.99. The van der Waals surface area contributed by atoms with Crippen LogP contribution in [0.5, 0.6) is 0 Å². The van der Waals surface area contributed by atoms with Gasteiger partial charge in [0, 0.05) is 16.7 Å². The van der Waals surface area contributed by atoms with Crippen molar-refractivity contribution in [2.75, 3.05) is 4.90 Å². The van der Waals surface area contributed by atoms with Crippen LogP contribution in [0.3, 0.4) is 0 Å². The monoisotopic (exact) mass is 712 g/mol. The van der Waals surface area contributed by atoms with E-state index in [1.54, 1.807) is 0 Å². The Morgan fingerprint density at radius 1 is 0.585 bits per heavy atom. The molecule has 0 saturated heterocycles. The van der Waals surface area contributed by atoms with Crippen LogP contribution in [-0.2, 0) is 11.8 Å². The minimum absolute atomic E-state index is 0.0164. The van der Waals surface area contributed by atoms with Crippen molar-refractivity contribution in [1.29, 1.82) is 0 Å². The molecule has 53 heavy (non-hydrogen) atoms. The van der Waals surface area contributed by atoms with Gasteiger partial charge in [0.1, 0.15) is 0 Å². The lowest BCUT2D eigenvalue weighted by atomic mass is 9.80. The van der Waals surface area contributed by atoms with Crippen LogP contribution in [0.4, 0.5) is 5.69 Å². The van der Waals surface area contributed by atoms with E-state index in [-0.39, 0.29) is 50.6 Å². The summed E-state index contributed by atoms with van der Waals surface area (Å²) >= 11 is 0. The lowest BCUT2D eigenvalue weighted by Crippen LogP contribution is -2.50. The quantitative estimate of drug-likeness (QED) is 0.141. The Morgan fingerprint density at radius 2 is 0.981 bits per heavy atom. The van der Waals surface area contributed by atoms with Gasteiger partial charge in [-0.2, -0.15) is 0 Å². The zero-order valence-corrected chi connectivity index (χ0v) is 33.5. The molecule has 2 aliphatic rings. The van der Waals surface area contributed by atoms with Crippen molar-refractivity contribution in [1.82, 2.24) is 4.90 Å². The molecule has 0 aliphatic carbocycles. The molecule has 276 valence electrons. The molecule has 0 fully saturated rings. The highest BCUT2D eigenvalue weighted by molar-refractivity contribution is 6.35. The van der Waals surface area contributed by atoms with Crippen molar-refractivity contribution >= 4 is 35.1 Å². The van der Waals surface area contributed by atoms with E-state index in [4.69, 9.17) is 0 Å². The molecule has 7 nitrogen and oxygen atoms in total. The number of carbonyl (C=O) groups excluding carboxylic acids is 5. The number of hydrogen-bond donors (Lipinski definition) is 0. The Bertz CT molecular complexity index is 2170. The highest BCUT2D eigenvalue weighted by Crippen LogP contribution is 2.37. The number of hydrogen-bond acceptors (Lipinski definition) is 5. The molecule has 0 bridgehead atoms. The first kappa shape index (κ1) is 39.0. The van der Waals surface area contributed by atoms with Crippen LogP contribution < -0.4 is 4.90 Å². The van der Waals surface area contributed by atoms with Crippen LogP contribution in [-0.4, -0.2) is 39.9 Å². The van der Waals surface area contributed by atoms with Gasteiger partial charge in [0.05, 0.1) is 27.9 Å². The van der Waals surface area contributed by atoms with E-state index < -0.39 is 29.0 Å². The number of ketones is 1. The fraction of sp³-hybridized carbons (Fsp3) is 0.370. The Morgan fingerprint density at radius 3 is 1.43 bits per heavy atom. The summed E-state index contributed by atoms with van der Waals surface area (Å²) < 4.78 is 0. The zero-order chi connectivity index (χ0) is 39.5. The van der Waals surface area contributed by atoms with Gasteiger partial charge in [0.2, 0.25) is 0 Å². The van der Waals surface area contributed by atoms with Crippen molar-refractivity contribution in [2.45, 2.75) is 107 Å². The standard InChI is InChI=1S/C44H46N2O5.C2H6/c1-23(2)44(10,11)46-41(50)33-15-13-31(22-35(33)42(46)51)38(47)30-12-14-32-34(21-30)40(49)45(39(32)48)37-26(5)18-29(19-27(37)6)20-28-16-24(3)36(25(4)17-28)43(7,8)9;1-2/h12-19,21-23H,20H2,1-11H3;1-2H3. The second kappa shape index (κ2) is 14.0.